The summed E-state index contributed by atoms with van der Waals surface area (Å²) in [6, 6.07) is 10.0. The fourth-order valence-corrected chi connectivity index (χ4v) is 2.97. The molecule has 1 heterocycles. The van der Waals surface area contributed by atoms with Crippen molar-refractivity contribution in [1.29, 1.82) is 0 Å². The lowest BCUT2D eigenvalue weighted by Gasteiger charge is -2.26. The third-order valence-corrected chi connectivity index (χ3v) is 4.19. The molecule has 0 bridgehead atoms. The summed E-state index contributed by atoms with van der Waals surface area (Å²) in [5.41, 5.74) is 2.78. The topological polar surface area (TPSA) is 62.2 Å². The van der Waals surface area contributed by atoms with Crippen molar-refractivity contribution >= 4 is 23.4 Å². The molecular formula is C16H15ClN2O2. The van der Waals surface area contributed by atoms with Gasteiger partial charge in [-0.05, 0) is 36.5 Å². The highest BCUT2D eigenvalue weighted by molar-refractivity contribution is 6.35. The van der Waals surface area contributed by atoms with Crippen LogP contribution in [-0.2, 0) is 12.8 Å². The number of aromatic carboxylic acids is 1. The molecule has 4 nitrogen and oxygen atoms in total. The molecule has 3 rings (SSSR count). The van der Waals surface area contributed by atoms with Gasteiger partial charge in [0.1, 0.15) is 5.82 Å². The number of benzene rings is 1. The minimum atomic E-state index is -1.04. The van der Waals surface area contributed by atoms with Gasteiger partial charge in [-0.1, -0.05) is 35.9 Å². The molecule has 1 aliphatic rings. The molecule has 1 aromatic heterocycles. The average molecular weight is 303 g/mol. The Morgan fingerprint density at radius 3 is 2.81 bits per heavy atom. The number of carbonyl (C=O) groups is 1. The van der Waals surface area contributed by atoms with E-state index < -0.39 is 5.97 Å². The number of nitrogens with one attached hydrogen (secondary N) is 1. The van der Waals surface area contributed by atoms with Crippen LogP contribution in [0.4, 0.5) is 5.82 Å². The van der Waals surface area contributed by atoms with E-state index in [2.05, 4.69) is 28.5 Å². The molecule has 0 saturated carbocycles. The van der Waals surface area contributed by atoms with Gasteiger partial charge >= 0.3 is 5.97 Å². The Morgan fingerprint density at radius 2 is 2.05 bits per heavy atom. The lowest BCUT2D eigenvalue weighted by atomic mass is 9.88. The summed E-state index contributed by atoms with van der Waals surface area (Å²) in [6.45, 7) is 0. The Hall–Kier alpha value is -2.07. The van der Waals surface area contributed by atoms with Gasteiger partial charge < -0.3 is 10.4 Å². The van der Waals surface area contributed by atoms with Gasteiger partial charge in [-0.15, -0.1) is 0 Å². The van der Waals surface area contributed by atoms with Crippen LogP contribution in [0.15, 0.2) is 36.5 Å². The quantitative estimate of drug-likeness (QED) is 0.912. The van der Waals surface area contributed by atoms with Gasteiger partial charge in [-0.2, -0.15) is 0 Å². The first-order chi connectivity index (χ1) is 10.1. The van der Waals surface area contributed by atoms with Crippen LogP contribution in [0.25, 0.3) is 0 Å². The molecule has 0 saturated heterocycles. The normalized spacial score (nSPS) is 17.1. The second-order valence-electron chi connectivity index (χ2n) is 5.18. The Bertz CT molecular complexity index is 688. The Morgan fingerprint density at radius 1 is 1.29 bits per heavy atom. The second-order valence-corrected chi connectivity index (χ2v) is 5.56. The van der Waals surface area contributed by atoms with Crippen LogP contribution in [0, 0.1) is 0 Å². The van der Waals surface area contributed by atoms with E-state index in [0.29, 0.717) is 5.82 Å². The summed E-state index contributed by atoms with van der Waals surface area (Å²) in [5, 5.41) is 12.5. The molecule has 1 unspecified atom stereocenters. The van der Waals surface area contributed by atoms with Gasteiger partial charge in [0, 0.05) is 12.2 Å². The van der Waals surface area contributed by atoms with E-state index in [0.717, 1.165) is 19.3 Å². The molecule has 1 aliphatic carbocycles. The molecule has 0 amide bonds. The molecule has 2 aromatic rings. The third kappa shape index (κ3) is 2.85. The number of carboxylic acids is 1. The molecule has 0 fully saturated rings. The third-order valence-electron chi connectivity index (χ3n) is 3.81. The monoisotopic (exact) mass is 302 g/mol. The minimum Gasteiger partial charge on any atom is -0.478 e. The fourth-order valence-electron chi connectivity index (χ4n) is 2.72. The second kappa shape index (κ2) is 5.74. The van der Waals surface area contributed by atoms with E-state index in [1.165, 1.54) is 23.4 Å². The van der Waals surface area contributed by atoms with E-state index in [1.54, 1.807) is 0 Å². The van der Waals surface area contributed by atoms with Crippen molar-refractivity contribution < 1.29 is 9.90 Å². The number of anilines is 1. The maximum Gasteiger partial charge on any atom is 0.337 e. The Balaban J connectivity index is 1.80. The Labute approximate surface area is 127 Å². The van der Waals surface area contributed by atoms with E-state index in [-0.39, 0.29) is 16.6 Å². The van der Waals surface area contributed by atoms with Crippen molar-refractivity contribution in [3.05, 3.63) is 58.2 Å². The molecule has 21 heavy (non-hydrogen) atoms. The molecule has 0 radical (unpaired) electrons. The molecule has 5 heteroatoms. The van der Waals surface area contributed by atoms with Crippen molar-refractivity contribution in [3.8, 4) is 0 Å². The zero-order chi connectivity index (χ0) is 14.8. The number of carboxylic acid groups (broad SMARTS) is 1. The summed E-state index contributed by atoms with van der Waals surface area (Å²) in [4.78, 5) is 15.3. The van der Waals surface area contributed by atoms with Gasteiger partial charge in [0.15, 0.2) is 0 Å². The molecule has 1 atom stereocenters. The predicted molar refractivity (Wildman–Crippen MR) is 82.1 cm³/mol. The minimum absolute atomic E-state index is 0.0744. The number of aromatic nitrogens is 1. The summed E-state index contributed by atoms with van der Waals surface area (Å²) >= 11 is 6.12. The average Bonchev–Trinajstić information content (AvgIpc) is 2.49. The number of fused-ring (bicyclic) bond motifs is 1. The van der Waals surface area contributed by atoms with Gasteiger partial charge in [0.2, 0.25) is 0 Å². The number of hydrogen-bond donors (Lipinski definition) is 2. The van der Waals surface area contributed by atoms with Crippen molar-refractivity contribution in [2.24, 2.45) is 0 Å². The van der Waals surface area contributed by atoms with Crippen molar-refractivity contribution in [2.75, 3.05) is 5.32 Å². The first kappa shape index (κ1) is 13.9. The number of aryl methyl sites for hydroxylation is 1. The van der Waals surface area contributed by atoms with Gasteiger partial charge in [-0.3, -0.25) is 0 Å². The standard InChI is InChI=1S/C16H15ClN2O2/c17-14-13(16(20)21)7-8-18-15(14)19-12-6-5-10-3-1-2-4-11(10)9-12/h1-4,7-8,12H,5-6,9H2,(H,18,19)(H,20,21). The zero-order valence-corrected chi connectivity index (χ0v) is 12.1. The number of nitrogens with zero attached hydrogens (tertiary/aromatic N) is 1. The first-order valence-electron chi connectivity index (χ1n) is 6.86. The SMILES string of the molecule is O=C(O)c1ccnc(NC2CCc3ccccc3C2)c1Cl. The van der Waals surface area contributed by atoms with Crippen LogP contribution in [-0.4, -0.2) is 22.1 Å². The number of pyridine rings is 1. The molecule has 1 aromatic carbocycles. The smallest absolute Gasteiger partial charge is 0.337 e. The molecule has 0 spiro atoms. The molecule has 2 N–H and O–H groups in total. The van der Waals surface area contributed by atoms with Crippen LogP contribution in [0.3, 0.4) is 0 Å². The predicted octanol–water partition coefficient (Wildman–Crippen LogP) is 3.40. The Kier molecular flexibility index (Phi) is 3.80. The highest BCUT2D eigenvalue weighted by Crippen LogP contribution is 2.28. The summed E-state index contributed by atoms with van der Waals surface area (Å²) in [6.07, 6.45) is 4.34. The van der Waals surface area contributed by atoms with Gasteiger partial charge in [-0.25, -0.2) is 9.78 Å². The fraction of sp³-hybridized carbons (Fsp3) is 0.250. The molecule has 108 valence electrons. The van der Waals surface area contributed by atoms with Gasteiger partial charge in [0.05, 0.1) is 10.6 Å². The van der Waals surface area contributed by atoms with Crippen molar-refractivity contribution in [3.63, 3.8) is 0 Å². The van der Waals surface area contributed by atoms with Crippen LogP contribution in [0.2, 0.25) is 5.02 Å². The zero-order valence-electron chi connectivity index (χ0n) is 11.3. The largest absolute Gasteiger partial charge is 0.478 e. The molecular weight excluding hydrogens is 288 g/mol. The maximum atomic E-state index is 11.1. The van der Waals surface area contributed by atoms with E-state index >= 15 is 0 Å². The summed E-state index contributed by atoms with van der Waals surface area (Å²) in [5.74, 6) is -0.597. The van der Waals surface area contributed by atoms with Crippen LogP contribution in [0.5, 0.6) is 0 Å². The van der Waals surface area contributed by atoms with Crippen LogP contribution >= 0.6 is 11.6 Å². The highest BCUT2D eigenvalue weighted by Gasteiger charge is 2.20. The lowest BCUT2D eigenvalue weighted by Crippen LogP contribution is -2.28. The van der Waals surface area contributed by atoms with E-state index in [9.17, 15) is 4.79 Å². The summed E-state index contributed by atoms with van der Waals surface area (Å²) < 4.78 is 0. The van der Waals surface area contributed by atoms with Crippen molar-refractivity contribution in [1.82, 2.24) is 4.98 Å². The first-order valence-corrected chi connectivity index (χ1v) is 7.24. The van der Waals surface area contributed by atoms with E-state index in [1.807, 2.05) is 6.07 Å². The number of rotatable bonds is 3. The van der Waals surface area contributed by atoms with E-state index in [4.69, 9.17) is 16.7 Å². The summed E-state index contributed by atoms with van der Waals surface area (Å²) in [7, 11) is 0. The number of hydrogen-bond acceptors (Lipinski definition) is 3. The van der Waals surface area contributed by atoms with Crippen LogP contribution < -0.4 is 5.32 Å². The number of halogens is 1. The molecule has 0 aliphatic heterocycles. The maximum absolute atomic E-state index is 11.1. The lowest BCUT2D eigenvalue weighted by molar-refractivity contribution is 0.0697. The van der Waals surface area contributed by atoms with Gasteiger partial charge in [0.25, 0.3) is 0 Å². The highest BCUT2D eigenvalue weighted by atomic mass is 35.5. The van der Waals surface area contributed by atoms with Crippen molar-refractivity contribution in [2.45, 2.75) is 25.3 Å². The van der Waals surface area contributed by atoms with Crippen LogP contribution in [0.1, 0.15) is 27.9 Å².